The molecule has 1 saturated heterocycles. The fourth-order valence-electron chi connectivity index (χ4n) is 2.75. The summed E-state index contributed by atoms with van der Waals surface area (Å²) >= 11 is 5.94. The lowest BCUT2D eigenvalue weighted by Gasteiger charge is -2.37. The molecule has 1 aromatic heterocycles. The Morgan fingerprint density at radius 1 is 1.00 bits per heavy atom. The minimum absolute atomic E-state index is 0.497. The van der Waals surface area contributed by atoms with E-state index in [9.17, 15) is 0 Å². The first kappa shape index (κ1) is 14.1. The summed E-state index contributed by atoms with van der Waals surface area (Å²) in [5.41, 5.74) is 4.06. The first-order chi connectivity index (χ1) is 10.1. The first-order valence-electron chi connectivity index (χ1n) is 7.19. The fourth-order valence-corrected chi connectivity index (χ4v) is 2.89. The van der Waals surface area contributed by atoms with Gasteiger partial charge >= 0.3 is 0 Å². The van der Waals surface area contributed by atoms with Crippen molar-refractivity contribution in [2.45, 2.75) is 13.8 Å². The van der Waals surface area contributed by atoms with Crippen LogP contribution in [0.2, 0.25) is 5.15 Å². The van der Waals surface area contributed by atoms with Crippen LogP contribution >= 0.6 is 11.6 Å². The number of aryl methyl sites for hydroxylation is 1. The molecule has 0 saturated carbocycles. The summed E-state index contributed by atoms with van der Waals surface area (Å²) in [6, 6.07) is 8.33. The third-order valence-electron chi connectivity index (χ3n) is 4.14. The monoisotopic (exact) mass is 302 g/mol. The highest BCUT2D eigenvalue weighted by atomic mass is 35.5. The number of halogens is 1. The van der Waals surface area contributed by atoms with Crippen LogP contribution in [0.15, 0.2) is 30.6 Å². The standard InChI is InChI=1S/C16H19ClN4/c1-12-4-3-5-14(13(12)2)20-6-8-21(9-7-20)16-10-15(17)18-11-19-16/h3-5,10-11H,6-9H2,1-2H3. The van der Waals surface area contributed by atoms with Crippen LogP contribution in [-0.4, -0.2) is 36.1 Å². The Balaban J connectivity index is 1.72. The van der Waals surface area contributed by atoms with Gasteiger partial charge in [0, 0.05) is 37.9 Å². The topological polar surface area (TPSA) is 32.3 Å². The van der Waals surface area contributed by atoms with Crippen molar-refractivity contribution in [2.75, 3.05) is 36.0 Å². The predicted octanol–water partition coefficient (Wildman–Crippen LogP) is 3.07. The number of benzene rings is 1. The molecule has 0 spiro atoms. The Hall–Kier alpha value is -1.81. The maximum atomic E-state index is 5.94. The van der Waals surface area contributed by atoms with Gasteiger partial charge in [0.2, 0.25) is 0 Å². The maximum Gasteiger partial charge on any atom is 0.134 e. The van der Waals surface area contributed by atoms with E-state index in [1.165, 1.54) is 23.1 Å². The number of hydrogen-bond acceptors (Lipinski definition) is 4. The zero-order valence-electron chi connectivity index (χ0n) is 12.4. The molecule has 0 atom stereocenters. The second kappa shape index (κ2) is 5.90. The maximum absolute atomic E-state index is 5.94. The lowest BCUT2D eigenvalue weighted by Crippen LogP contribution is -2.47. The van der Waals surface area contributed by atoms with E-state index in [1.807, 2.05) is 6.07 Å². The number of aromatic nitrogens is 2. The van der Waals surface area contributed by atoms with Crippen molar-refractivity contribution in [3.63, 3.8) is 0 Å². The molecule has 1 aliphatic rings. The van der Waals surface area contributed by atoms with Gasteiger partial charge in [-0.05, 0) is 31.0 Å². The molecule has 1 aliphatic heterocycles. The average Bonchev–Trinajstić information content (AvgIpc) is 2.50. The van der Waals surface area contributed by atoms with Gasteiger partial charge in [0.15, 0.2) is 0 Å². The van der Waals surface area contributed by atoms with Crippen molar-refractivity contribution in [3.8, 4) is 0 Å². The van der Waals surface area contributed by atoms with Gasteiger partial charge in [-0.1, -0.05) is 23.7 Å². The van der Waals surface area contributed by atoms with E-state index >= 15 is 0 Å². The van der Waals surface area contributed by atoms with E-state index in [0.29, 0.717) is 5.15 Å². The molecule has 0 N–H and O–H groups in total. The molecule has 0 radical (unpaired) electrons. The number of piperazine rings is 1. The van der Waals surface area contributed by atoms with Crippen LogP contribution in [0.4, 0.5) is 11.5 Å². The van der Waals surface area contributed by atoms with Crippen LogP contribution in [0, 0.1) is 13.8 Å². The minimum Gasteiger partial charge on any atom is -0.368 e. The zero-order chi connectivity index (χ0) is 14.8. The summed E-state index contributed by atoms with van der Waals surface area (Å²) in [6.45, 7) is 8.23. The van der Waals surface area contributed by atoms with Gasteiger partial charge in [-0.25, -0.2) is 9.97 Å². The van der Waals surface area contributed by atoms with Gasteiger partial charge in [-0.3, -0.25) is 0 Å². The van der Waals surface area contributed by atoms with Gasteiger partial charge in [0.25, 0.3) is 0 Å². The highest BCUT2D eigenvalue weighted by Gasteiger charge is 2.19. The molecule has 2 aromatic rings. The highest BCUT2D eigenvalue weighted by molar-refractivity contribution is 6.29. The van der Waals surface area contributed by atoms with Crippen LogP contribution in [0.5, 0.6) is 0 Å². The van der Waals surface area contributed by atoms with E-state index in [2.05, 4.69) is 51.8 Å². The zero-order valence-corrected chi connectivity index (χ0v) is 13.1. The van der Waals surface area contributed by atoms with Crippen molar-refractivity contribution < 1.29 is 0 Å². The molecule has 0 unspecified atom stereocenters. The summed E-state index contributed by atoms with van der Waals surface area (Å²) in [6.07, 6.45) is 1.52. The van der Waals surface area contributed by atoms with Gasteiger partial charge in [0.1, 0.15) is 17.3 Å². The van der Waals surface area contributed by atoms with Crippen LogP contribution in [0.25, 0.3) is 0 Å². The normalized spacial score (nSPS) is 15.4. The largest absolute Gasteiger partial charge is 0.368 e. The molecule has 5 heteroatoms. The van der Waals surface area contributed by atoms with Crippen molar-refractivity contribution in [1.29, 1.82) is 0 Å². The van der Waals surface area contributed by atoms with E-state index < -0.39 is 0 Å². The number of rotatable bonds is 2. The molecule has 21 heavy (non-hydrogen) atoms. The molecule has 0 aliphatic carbocycles. The number of hydrogen-bond donors (Lipinski definition) is 0. The summed E-state index contributed by atoms with van der Waals surface area (Å²) in [5, 5.41) is 0.497. The van der Waals surface area contributed by atoms with Gasteiger partial charge < -0.3 is 9.80 Å². The van der Waals surface area contributed by atoms with E-state index in [4.69, 9.17) is 11.6 Å². The Bertz CT molecular complexity index is 636. The van der Waals surface area contributed by atoms with E-state index in [0.717, 1.165) is 32.0 Å². The number of nitrogens with zero attached hydrogens (tertiary/aromatic N) is 4. The molecule has 1 aromatic carbocycles. The summed E-state index contributed by atoms with van der Waals surface area (Å²) in [7, 11) is 0. The first-order valence-corrected chi connectivity index (χ1v) is 7.56. The van der Waals surface area contributed by atoms with Crippen molar-refractivity contribution in [2.24, 2.45) is 0 Å². The van der Waals surface area contributed by atoms with Crippen molar-refractivity contribution in [3.05, 3.63) is 46.9 Å². The van der Waals surface area contributed by atoms with Crippen molar-refractivity contribution >= 4 is 23.1 Å². The molecule has 2 heterocycles. The third-order valence-corrected chi connectivity index (χ3v) is 4.35. The molecule has 0 bridgehead atoms. The SMILES string of the molecule is Cc1cccc(N2CCN(c3cc(Cl)ncn3)CC2)c1C. The Kier molecular flexibility index (Phi) is 3.97. The molecular weight excluding hydrogens is 284 g/mol. The van der Waals surface area contributed by atoms with Crippen molar-refractivity contribution in [1.82, 2.24) is 9.97 Å². The molecule has 0 amide bonds. The molecule has 110 valence electrons. The summed E-state index contributed by atoms with van der Waals surface area (Å²) in [4.78, 5) is 12.9. The summed E-state index contributed by atoms with van der Waals surface area (Å²) < 4.78 is 0. The minimum atomic E-state index is 0.497. The smallest absolute Gasteiger partial charge is 0.134 e. The van der Waals surface area contributed by atoms with Gasteiger partial charge in [0.05, 0.1) is 0 Å². The molecular formula is C16H19ClN4. The average molecular weight is 303 g/mol. The highest BCUT2D eigenvalue weighted by Crippen LogP contribution is 2.25. The van der Waals surface area contributed by atoms with Crippen LogP contribution < -0.4 is 9.80 Å². The lowest BCUT2D eigenvalue weighted by molar-refractivity contribution is 0.645. The Morgan fingerprint density at radius 3 is 2.43 bits per heavy atom. The second-order valence-corrected chi connectivity index (χ2v) is 5.78. The molecule has 4 nitrogen and oxygen atoms in total. The Labute approximate surface area is 130 Å². The van der Waals surface area contributed by atoms with Gasteiger partial charge in [-0.15, -0.1) is 0 Å². The quantitative estimate of drug-likeness (QED) is 0.798. The van der Waals surface area contributed by atoms with E-state index in [-0.39, 0.29) is 0 Å². The van der Waals surface area contributed by atoms with Crippen LogP contribution in [0.1, 0.15) is 11.1 Å². The molecule has 3 rings (SSSR count). The van der Waals surface area contributed by atoms with Crippen LogP contribution in [-0.2, 0) is 0 Å². The third kappa shape index (κ3) is 2.95. The Morgan fingerprint density at radius 2 is 1.71 bits per heavy atom. The lowest BCUT2D eigenvalue weighted by atomic mass is 10.1. The van der Waals surface area contributed by atoms with Gasteiger partial charge in [-0.2, -0.15) is 0 Å². The molecule has 1 fully saturated rings. The van der Waals surface area contributed by atoms with Crippen LogP contribution in [0.3, 0.4) is 0 Å². The predicted molar refractivity (Wildman–Crippen MR) is 87.4 cm³/mol. The summed E-state index contributed by atoms with van der Waals surface area (Å²) in [5.74, 6) is 0.913. The van der Waals surface area contributed by atoms with E-state index in [1.54, 1.807) is 0 Å². The second-order valence-electron chi connectivity index (χ2n) is 5.39. The fraction of sp³-hybridized carbons (Fsp3) is 0.375. The number of anilines is 2.